The summed E-state index contributed by atoms with van der Waals surface area (Å²) in [4.78, 5) is 14.0. The second-order valence-corrected chi connectivity index (χ2v) is 5.11. The van der Waals surface area contributed by atoms with Crippen LogP contribution in [0, 0.1) is 6.92 Å². The average molecular weight is 268 g/mol. The van der Waals surface area contributed by atoms with Gasteiger partial charge in [0.05, 0.1) is 0 Å². The Morgan fingerprint density at radius 2 is 1.60 bits per heavy atom. The minimum Gasteiger partial charge on any atom is -0.378 e. The van der Waals surface area contributed by atoms with E-state index in [9.17, 15) is 4.79 Å². The van der Waals surface area contributed by atoms with Gasteiger partial charge >= 0.3 is 0 Å². The van der Waals surface area contributed by atoms with Crippen molar-refractivity contribution >= 4 is 11.6 Å². The molecule has 3 nitrogen and oxygen atoms in total. The lowest BCUT2D eigenvalue weighted by Crippen LogP contribution is -2.22. The molecule has 0 aliphatic rings. The Balaban J connectivity index is 1.96. The molecule has 2 aromatic carbocycles. The van der Waals surface area contributed by atoms with Crippen LogP contribution in [-0.4, -0.2) is 20.0 Å². The normalized spacial score (nSPS) is 10.2. The van der Waals surface area contributed by atoms with Gasteiger partial charge < -0.3 is 10.2 Å². The molecule has 20 heavy (non-hydrogen) atoms. The molecule has 0 saturated heterocycles. The summed E-state index contributed by atoms with van der Waals surface area (Å²) in [6.07, 6.45) is 0. The maximum atomic E-state index is 12.0. The SMILES string of the molecule is Cc1ccc(CNC(=O)c2ccc(N(C)C)cc2)cc1. The van der Waals surface area contributed by atoms with Crippen molar-refractivity contribution in [3.05, 3.63) is 65.2 Å². The number of carbonyl (C=O) groups excluding carboxylic acids is 1. The number of benzene rings is 2. The van der Waals surface area contributed by atoms with E-state index in [1.54, 1.807) is 0 Å². The number of nitrogens with zero attached hydrogens (tertiary/aromatic N) is 1. The molecule has 0 aliphatic carbocycles. The average Bonchev–Trinajstić information content (AvgIpc) is 2.46. The second-order valence-electron chi connectivity index (χ2n) is 5.11. The van der Waals surface area contributed by atoms with Gasteiger partial charge in [-0.1, -0.05) is 29.8 Å². The molecule has 0 fully saturated rings. The number of hydrogen-bond donors (Lipinski definition) is 1. The number of rotatable bonds is 4. The topological polar surface area (TPSA) is 32.3 Å². The Morgan fingerprint density at radius 1 is 1.00 bits per heavy atom. The summed E-state index contributed by atoms with van der Waals surface area (Å²) in [5.41, 5.74) is 4.09. The predicted octanol–water partition coefficient (Wildman–Crippen LogP) is 2.99. The number of amides is 1. The highest BCUT2D eigenvalue weighted by molar-refractivity contribution is 5.94. The summed E-state index contributed by atoms with van der Waals surface area (Å²) in [5, 5.41) is 2.93. The van der Waals surface area contributed by atoms with Crippen LogP contribution in [0.25, 0.3) is 0 Å². The molecular formula is C17H20N2O. The van der Waals surface area contributed by atoms with Gasteiger partial charge in [-0.25, -0.2) is 0 Å². The van der Waals surface area contributed by atoms with Crippen LogP contribution in [0.4, 0.5) is 5.69 Å². The number of aryl methyl sites for hydroxylation is 1. The van der Waals surface area contributed by atoms with E-state index in [-0.39, 0.29) is 5.91 Å². The van der Waals surface area contributed by atoms with Crippen LogP contribution < -0.4 is 10.2 Å². The molecule has 2 aromatic rings. The van der Waals surface area contributed by atoms with Crippen LogP contribution >= 0.6 is 0 Å². The molecule has 0 atom stereocenters. The minimum absolute atomic E-state index is 0.0455. The van der Waals surface area contributed by atoms with E-state index < -0.39 is 0 Å². The molecule has 0 unspecified atom stereocenters. The van der Waals surface area contributed by atoms with E-state index in [2.05, 4.69) is 12.2 Å². The van der Waals surface area contributed by atoms with Crippen molar-refractivity contribution in [1.29, 1.82) is 0 Å². The van der Waals surface area contributed by atoms with Crippen LogP contribution in [-0.2, 0) is 6.54 Å². The van der Waals surface area contributed by atoms with Crippen LogP contribution in [0.1, 0.15) is 21.5 Å². The minimum atomic E-state index is -0.0455. The lowest BCUT2D eigenvalue weighted by Gasteiger charge is -2.12. The maximum Gasteiger partial charge on any atom is 0.251 e. The first-order valence-electron chi connectivity index (χ1n) is 6.67. The lowest BCUT2D eigenvalue weighted by molar-refractivity contribution is 0.0951. The monoisotopic (exact) mass is 268 g/mol. The van der Waals surface area contributed by atoms with Gasteiger partial charge in [-0.05, 0) is 36.8 Å². The van der Waals surface area contributed by atoms with Crippen LogP contribution in [0.2, 0.25) is 0 Å². The zero-order valence-electron chi connectivity index (χ0n) is 12.2. The summed E-state index contributed by atoms with van der Waals surface area (Å²) in [6.45, 7) is 2.60. The molecule has 1 N–H and O–H groups in total. The highest BCUT2D eigenvalue weighted by Crippen LogP contribution is 2.12. The number of anilines is 1. The van der Waals surface area contributed by atoms with Crippen molar-refractivity contribution in [1.82, 2.24) is 5.32 Å². The van der Waals surface area contributed by atoms with Gasteiger partial charge in [0.2, 0.25) is 0 Å². The second kappa shape index (κ2) is 6.24. The van der Waals surface area contributed by atoms with E-state index in [0.717, 1.165) is 11.3 Å². The number of hydrogen-bond acceptors (Lipinski definition) is 2. The molecule has 0 saturated carbocycles. The molecule has 0 radical (unpaired) electrons. The quantitative estimate of drug-likeness (QED) is 0.924. The van der Waals surface area contributed by atoms with Gasteiger partial charge in [0.25, 0.3) is 5.91 Å². The highest BCUT2D eigenvalue weighted by Gasteiger charge is 2.05. The van der Waals surface area contributed by atoms with Crippen molar-refractivity contribution in [3.63, 3.8) is 0 Å². The van der Waals surface area contributed by atoms with Gasteiger partial charge in [-0.15, -0.1) is 0 Å². The fourth-order valence-electron chi connectivity index (χ4n) is 1.90. The van der Waals surface area contributed by atoms with Crippen LogP contribution in [0.5, 0.6) is 0 Å². The Hall–Kier alpha value is -2.29. The third-order valence-corrected chi connectivity index (χ3v) is 3.22. The Kier molecular flexibility index (Phi) is 4.41. The van der Waals surface area contributed by atoms with Gasteiger partial charge in [-0.3, -0.25) is 4.79 Å². The Bertz CT molecular complexity index is 571. The van der Waals surface area contributed by atoms with E-state index in [1.165, 1.54) is 5.56 Å². The van der Waals surface area contributed by atoms with E-state index in [4.69, 9.17) is 0 Å². The smallest absolute Gasteiger partial charge is 0.251 e. The highest BCUT2D eigenvalue weighted by atomic mass is 16.1. The zero-order chi connectivity index (χ0) is 14.5. The van der Waals surface area contributed by atoms with Gasteiger partial charge in [0, 0.05) is 31.9 Å². The first-order valence-corrected chi connectivity index (χ1v) is 6.67. The van der Waals surface area contributed by atoms with Crippen LogP contribution in [0.15, 0.2) is 48.5 Å². The van der Waals surface area contributed by atoms with E-state index in [1.807, 2.05) is 67.5 Å². The molecule has 0 aliphatic heterocycles. The Morgan fingerprint density at radius 3 is 2.15 bits per heavy atom. The molecular weight excluding hydrogens is 248 g/mol. The van der Waals surface area contributed by atoms with E-state index in [0.29, 0.717) is 12.1 Å². The standard InChI is InChI=1S/C17H20N2O/c1-13-4-6-14(7-5-13)12-18-17(20)15-8-10-16(11-9-15)19(2)3/h4-11H,12H2,1-3H3,(H,18,20). The number of carbonyl (C=O) groups is 1. The zero-order valence-corrected chi connectivity index (χ0v) is 12.2. The van der Waals surface area contributed by atoms with Gasteiger partial charge in [0.15, 0.2) is 0 Å². The first kappa shape index (κ1) is 14.1. The largest absolute Gasteiger partial charge is 0.378 e. The fraction of sp³-hybridized carbons (Fsp3) is 0.235. The van der Waals surface area contributed by atoms with E-state index >= 15 is 0 Å². The molecule has 0 heterocycles. The third kappa shape index (κ3) is 3.60. The predicted molar refractivity (Wildman–Crippen MR) is 83.1 cm³/mol. The summed E-state index contributed by atoms with van der Waals surface area (Å²) in [6, 6.07) is 15.7. The molecule has 1 amide bonds. The first-order chi connectivity index (χ1) is 9.56. The lowest BCUT2D eigenvalue weighted by atomic mass is 10.1. The molecule has 3 heteroatoms. The molecule has 104 valence electrons. The fourth-order valence-corrected chi connectivity index (χ4v) is 1.90. The summed E-state index contributed by atoms with van der Waals surface area (Å²) < 4.78 is 0. The van der Waals surface area contributed by atoms with Crippen molar-refractivity contribution < 1.29 is 4.79 Å². The van der Waals surface area contributed by atoms with Crippen molar-refractivity contribution in [2.24, 2.45) is 0 Å². The van der Waals surface area contributed by atoms with Crippen molar-refractivity contribution in [2.45, 2.75) is 13.5 Å². The van der Waals surface area contributed by atoms with Crippen molar-refractivity contribution in [2.75, 3.05) is 19.0 Å². The molecule has 2 rings (SSSR count). The van der Waals surface area contributed by atoms with Crippen LogP contribution in [0.3, 0.4) is 0 Å². The van der Waals surface area contributed by atoms with Gasteiger partial charge in [-0.2, -0.15) is 0 Å². The summed E-state index contributed by atoms with van der Waals surface area (Å²) in [5.74, 6) is -0.0455. The number of nitrogens with one attached hydrogen (secondary N) is 1. The molecule has 0 aromatic heterocycles. The molecule has 0 spiro atoms. The van der Waals surface area contributed by atoms with Crippen molar-refractivity contribution in [3.8, 4) is 0 Å². The van der Waals surface area contributed by atoms with Gasteiger partial charge in [0.1, 0.15) is 0 Å². The molecule has 0 bridgehead atoms. The summed E-state index contributed by atoms with van der Waals surface area (Å²) >= 11 is 0. The maximum absolute atomic E-state index is 12.0. The Labute approximate surface area is 120 Å². The third-order valence-electron chi connectivity index (χ3n) is 3.22. The summed E-state index contributed by atoms with van der Waals surface area (Å²) in [7, 11) is 3.96.